The fourth-order valence-corrected chi connectivity index (χ4v) is 3.68. The van der Waals surface area contributed by atoms with Gasteiger partial charge in [0, 0.05) is 18.7 Å². The van der Waals surface area contributed by atoms with Gasteiger partial charge in [0.1, 0.15) is 0 Å². The van der Waals surface area contributed by atoms with Crippen molar-refractivity contribution in [3.8, 4) is 0 Å². The minimum absolute atomic E-state index is 0.00806. The predicted molar refractivity (Wildman–Crippen MR) is 121 cm³/mol. The number of nitrogens with zero attached hydrogens (tertiary/aromatic N) is 1. The molecule has 156 valence electrons. The fraction of sp³-hybridized carbons (Fsp3) is 0.269. The maximum Gasteiger partial charge on any atom is 0.253 e. The van der Waals surface area contributed by atoms with Gasteiger partial charge in [-0.3, -0.25) is 10.1 Å². The van der Waals surface area contributed by atoms with E-state index in [4.69, 9.17) is 0 Å². The molecule has 0 spiro atoms. The summed E-state index contributed by atoms with van der Waals surface area (Å²) < 4.78 is 0. The molecule has 4 nitrogen and oxygen atoms in total. The van der Waals surface area contributed by atoms with Crippen LogP contribution in [-0.4, -0.2) is 35.6 Å². The second-order valence-corrected chi connectivity index (χ2v) is 7.26. The molecule has 30 heavy (non-hydrogen) atoms. The summed E-state index contributed by atoms with van der Waals surface area (Å²) in [6, 6.07) is 27.6. The number of amides is 1. The topological polar surface area (TPSA) is 52.6 Å². The highest BCUT2D eigenvalue weighted by atomic mass is 16.3. The molecule has 0 aromatic heterocycles. The second kappa shape index (κ2) is 10.7. The van der Waals surface area contributed by atoms with Crippen LogP contribution in [0.2, 0.25) is 0 Å². The van der Waals surface area contributed by atoms with Gasteiger partial charge in [0.2, 0.25) is 0 Å². The molecule has 2 atom stereocenters. The summed E-state index contributed by atoms with van der Waals surface area (Å²) in [5, 5.41) is 13.6. The molecule has 0 aliphatic rings. The zero-order chi connectivity index (χ0) is 21.3. The van der Waals surface area contributed by atoms with Gasteiger partial charge in [0.05, 0.1) is 18.7 Å². The minimum Gasteiger partial charge on any atom is -0.394 e. The molecule has 0 aliphatic heterocycles. The molecule has 0 bridgehead atoms. The maximum absolute atomic E-state index is 12.6. The first kappa shape index (κ1) is 21.8. The van der Waals surface area contributed by atoms with Crippen LogP contribution in [0.15, 0.2) is 84.9 Å². The van der Waals surface area contributed by atoms with Crippen molar-refractivity contribution >= 4 is 5.91 Å². The number of aliphatic hydroxyl groups is 1. The van der Waals surface area contributed by atoms with Crippen molar-refractivity contribution in [2.45, 2.75) is 25.9 Å². The molecule has 1 amide bonds. The summed E-state index contributed by atoms with van der Waals surface area (Å²) in [7, 11) is 0. The van der Waals surface area contributed by atoms with Crippen molar-refractivity contribution in [2.24, 2.45) is 0 Å². The molecule has 0 saturated heterocycles. The van der Waals surface area contributed by atoms with E-state index in [1.807, 2.05) is 91.5 Å². The van der Waals surface area contributed by atoms with Crippen molar-refractivity contribution < 1.29 is 9.90 Å². The van der Waals surface area contributed by atoms with Crippen LogP contribution in [-0.2, 0) is 0 Å². The van der Waals surface area contributed by atoms with Gasteiger partial charge < -0.3 is 10.0 Å². The zero-order valence-electron chi connectivity index (χ0n) is 17.7. The Hall–Kier alpha value is -2.95. The number of hydrogen-bond acceptors (Lipinski definition) is 3. The Morgan fingerprint density at radius 2 is 1.30 bits per heavy atom. The maximum atomic E-state index is 12.6. The first-order chi connectivity index (χ1) is 14.7. The van der Waals surface area contributed by atoms with Gasteiger partial charge in [-0.1, -0.05) is 72.8 Å². The number of carbonyl (C=O) groups excluding carboxylic acids is 1. The monoisotopic (exact) mass is 402 g/mol. The van der Waals surface area contributed by atoms with Gasteiger partial charge in [-0.15, -0.1) is 0 Å². The van der Waals surface area contributed by atoms with E-state index in [1.54, 1.807) is 0 Å². The van der Waals surface area contributed by atoms with Crippen LogP contribution >= 0.6 is 0 Å². The van der Waals surface area contributed by atoms with Crippen molar-refractivity contribution in [3.63, 3.8) is 0 Å². The molecular weight excluding hydrogens is 372 g/mol. The Balaban J connectivity index is 1.90. The van der Waals surface area contributed by atoms with Gasteiger partial charge in [0.25, 0.3) is 5.91 Å². The Morgan fingerprint density at radius 3 is 1.80 bits per heavy atom. The number of carbonyl (C=O) groups is 1. The van der Waals surface area contributed by atoms with E-state index in [1.165, 1.54) is 0 Å². The summed E-state index contributed by atoms with van der Waals surface area (Å²) >= 11 is 0. The van der Waals surface area contributed by atoms with E-state index in [9.17, 15) is 9.90 Å². The number of rotatable bonds is 9. The lowest BCUT2D eigenvalue weighted by atomic mass is 9.95. The van der Waals surface area contributed by atoms with Crippen LogP contribution in [0.3, 0.4) is 0 Å². The summed E-state index contributed by atoms with van der Waals surface area (Å²) in [5.41, 5.74) is 3.88. The van der Waals surface area contributed by atoms with Gasteiger partial charge in [-0.05, 0) is 42.7 Å². The lowest BCUT2D eigenvalue weighted by Gasteiger charge is -2.26. The van der Waals surface area contributed by atoms with Gasteiger partial charge in [-0.25, -0.2) is 0 Å². The Labute approximate surface area is 179 Å². The number of nitrogens with one attached hydrogen (secondary N) is 1. The van der Waals surface area contributed by atoms with E-state index in [-0.39, 0.29) is 24.6 Å². The Morgan fingerprint density at radius 1 is 0.800 bits per heavy atom. The van der Waals surface area contributed by atoms with E-state index < -0.39 is 0 Å². The quantitative estimate of drug-likeness (QED) is 0.551. The lowest BCUT2D eigenvalue weighted by molar-refractivity contribution is 0.0773. The van der Waals surface area contributed by atoms with Crippen LogP contribution in [0.4, 0.5) is 0 Å². The smallest absolute Gasteiger partial charge is 0.253 e. The summed E-state index contributed by atoms with van der Waals surface area (Å²) in [5.74, 6) is 0.0493. The van der Waals surface area contributed by atoms with Crippen molar-refractivity contribution in [1.29, 1.82) is 0 Å². The molecule has 0 saturated carbocycles. The minimum atomic E-state index is -0.201. The predicted octanol–water partition coefficient (Wildman–Crippen LogP) is 4.58. The van der Waals surface area contributed by atoms with Crippen LogP contribution < -0.4 is 5.32 Å². The molecule has 4 heteroatoms. The number of aliphatic hydroxyl groups excluding tert-OH is 1. The first-order valence-electron chi connectivity index (χ1n) is 10.5. The number of benzene rings is 3. The van der Waals surface area contributed by atoms with Crippen molar-refractivity contribution in [1.82, 2.24) is 10.2 Å². The lowest BCUT2D eigenvalue weighted by Crippen LogP contribution is -2.31. The van der Waals surface area contributed by atoms with E-state index in [0.29, 0.717) is 18.7 Å². The molecule has 3 aromatic rings. The van der Waals surface area contributed by atoms with Crippen molar-refractivity contribution in [2.75, 3.05) is 19.7 Å². The van der Waals surface area contributed by atoms with E-state index >= 15 is 0 Å². The highest BCUT2D eigenvalue weighted by Gasteiger charge is 2.20. The Kier molecular flexibility index (Phi) is 7.77. The largest absolute Gasteiger partial charge is 0.394 e. The van der Waals surface area contributed by atoms with Crippen LogP contribution in [0.5, 0.6) is 0 Å². The van der Waals surface area contributed by atoms with Gasteiger partial charge in [0.15, 0.2) is 0 Å². The van der Waals surface area contributed by atoms with Crippen LogP contribution in [0.1, 0.15) is 53.0 Å². The third-order valence-corrected chi connectivity index (χ3v) is 5.43. The van der Waals surface area contributed by atoms with Crippen molar-refractivity contribution in [3.05, 3.63) is 107 Å². The normalized spacial score (nSPS) is 12.9. The molecular formula is C26H30N2O2. The average Bonchev–Trinajstić information content (AvgIpc) is 2.82. The molecule has 0 radical (unpaired) electrons. The third-order valence-electron chi connectivity index (χ3n) is 5.43. The molecule has 0 unspecified atom stereocenters. The molecule has 3 rings (SSSR count). The third kappa shape index (κ3) is 5.15. The van der Waals surface area contributed by atoms with E-state index in [0.717, 1.165) is 16.7 Å². The SMILES string of the molecule is CCN(CC)C(=O)c1ccc([C@H](N[C@H](CO)c2ccccc2)c2ccccc2)cc1. The van der Waals surface area contributed by atoms with Crippen LogP contribution in [0, 0.1) is 0 Å². The summed E-state index contributed by atoms with van der Waals surface area (Å²) in [4.78, 5) is 14.5. The highest BCUT2D eigenvalue weighted by molar-refractivity contribution is 5.94. The fourth-order valence-electron chi connectivity index (χ4n) is 3.68. The molecule has 3 aromatic carbocycles. The van der Waals surface area contributed by atoms with Crippen LogP contribution in [0.25, 0.3) is 0 Å². The number of hydrogen-bond donors (Lipinski definition) is 2. The molecule has 0 heterocycles. The van der Waals surface area contributed by atoms with Gasteiger partial charge >= 0.3 is 0 Å². The second-order valence-electron chi connectivity index (χ2n) is 7.26. The molecule has 2 N–H and O–H groups in total. The average molecular weight is 403 g/mol. The Bertz CT molecular complexity index is 907. The van der Waals surface area contributed by atoms with E-state index in [2.05, 4.69) is 17.4 Å². The summed E-state index contributed by atoms with van der Waals surface area (Å²) in [6.07, 6.45) is 0. The molecule has 0 fully saturated rings. The summed E-state index contributed by atoms with van der Waals surface area (Å²) in [6.45, 7) is 5.36. The first-order valence-corrected chi connectivity index (χ1v) is 10.5. The van der Waals surface area contributed by atoms with Gasteiger partial charge in [-0.2, -0.15) is 0 Å². The highest BCUT2D eigenvalue weighted by Crippen LogP contribution is 2.26. The standard InChI is InChI=1S/C26H30N2O2/c1-3-28(4-2)26(30)23-17-15-22(16-18-23)25(21-13-9-6-10-14-21)27-24(19-29)20-11-7-5-8-12-20/h5-18,24-25,27,29H,3-4,19H2,1-2H3/t24-,25-/m1/s1. The molecule has 0 aliphatic carbocycles. The zero-order valence-corrected chi connectivity index (χ0v) is 17.7.